The highest BCUT2D eigenvalue weighted by atomic mass is 16.3. The fourth-order valence-corrected chi connectivity index (χ4v) is 2.92. The van der Waals surface area contributed by atoms with E-state index < -0.39 is 0 Å². The Kier molecular flexibility index (Phi) is 5.33. The summed E-state index contributed by atoms with van der Waals surface area (Å²) in [5, 5.41) is 10.6. The summed E-state index contributed by atoms with van der Waals surface area (Å²) in [4.78, 5) is 28.5. The van der Waals surface area contributed by atoms with Gasteiger partial charge in [-0.25, -0.2) is 9.67 Å². The number of hydrogen-bond acceptors (Lipinski definition) is 5. The highest BCUT2D eigenvalue weighted by Gasteiger charge is 2.11. The molecule has 4 aromatic rings. The van der Waals surface area contributed by atoms with E-state index in [1.54, 1.807) is 29.1 Å². The van der Waals surface area contributed by atoms with Gasteiger partial charge in [0.05, 0.1) is 24.6 Å². The van der Waals surface area contributed by atoms with Crippen molar-refractivity contribution in [3.05, 3.63) is 84.1 Å². The first kappa shape index (κ1) is 18.4. The lowest BCUT2D eigenvalue weighted by Gasteiger charge is -2.07. The molecule has 0 aliphatic rings. The zero-order valence-electron chi connectivity index (χ0n) is 15.5. The van der Waals surface area contributed by atoms with Gasteiger partial charge in [-0.15, -0.1) is 0 Å². The average Bonchev–Trinajstić information content (AvgIpc) is 3.42. The Morgan fingerprint density at radius 3 is 2.52 bits per heavy atom. The SMILES string of the molecule is O=C(NCCNC(=O)c1ccco1)c1cnc2c(cnn2Cc2ccccc2)c1. The number of furan rings is 1. The van der Waals surface area contributed by atoms with Crippen LogP contribution in [-0.2, 0) is 6.54 Å². The van der Waals surface area contributed by atoms with Crippen molar-refractivity contribution in [3.63, 3.8) is 0 Å². The largest absolute Gasteiger partial charge is 0.459 e. The first-order valence-corrected chi connectivity index (χ1v) is 9.16. The number of benzene rings is 1. The Morgan fingerprint density at radius 2 is 1.76 bits per heavy atom. The van der Waals surface area contributed by atoms with E-state index >= 15 is 0 Å². The maximum absolute atomic E-state index is 12.3. The normalized spacial score (nSPS) is 10.8. The second kappa shape index (κ2) is 8.39. The van der Waals surface area contributed by atoms with Crippen LogP contribution in [0, 0.1) is 0 Å². The quantitative estimate of drug-likeness (QED) is 0.472. The monoisotopic (exact) mass is 389 g/mol. The van der Waals surface area contributed by atoms with Crippen LogP contribution in [0.1, 0.15) is 26.5 Å². The Morgan fingerprint density at radius 1 is 0.966 bits per heavy atom. The summed E-state index contributed by atoms with van der Waals surface area (Å²) < 4.78 is 6.81. The van der Waals surface area contributed by atoms with Gasteiger partial charge in [0.2, 0.25) is 0 Å². The van der Waals surface area contributed by atoms with Gasteiger partial charge in [0.1, 0.15) is 0 Å². The van der Waals surface area contributed by atoms with E-state index in [0.717, 1.165) is 16.6 Å². The molecule has 0 aliphatic heterocycles. The molecule has 0 saturated carbocycles. The number of hydrogen-bond donors (Lipinski definition) is 2. The Bertz CT molecular complexity index is 1120. The lowest BCUT2D eigenvalue weighted by molar-refractivity contribution is 0.0910. The van der Waals surface area contributed by atoms with Crippen LogP contribution in [0.5, 0.6) is 0 Å². The molecule has 2 amide bonds. The minimum Gasteiger partial charge on any atom is -0.459 e. The average molecular weight is 389 g/mol. The summed E-state index contributed by atoms with van der Waals surface area (Å²) in [7, 11) is 0. The number of carbonyl (C=O) groups is 2. The molecule has 0 fully saturated rings. The Balaban J connectivity index is 1.34. The Labute approximate surface area is 166 Å². The number of nitrogens with one attached hydrogen (secondary N) is 2. The minimum absolute atomic E-state index is 0.235. The standard InChI is InChI=1S/C21H19N5O3/c27-20(22-8-9-23-21(28)18-7-4-10-29-18)17-11-16-13-25-26(19(16)24-12-17)14-15-5-2-1-3-6-15/h1-7,10-13H,8-9,14H2,(H,22,27)(H,23,28). The Hall–Kier alpha value is -3.94. The molecule has 0 aliphatic carbocycles. The van der Waals surface area contributed by atoms with Crippen molar-refractivity contribution in [1.29, 1.82) is 0 Å². The van der Waals surface area contributed by atoms with E-state index in [1.807, 2.05) is 30.3 Å². The molecule has 3 heterocycles. The van der Waals surface area contributed by atoms with Gasteiger partial charge in [-0.2, -0.15) is 5.10 Å². The molecule has 0 bridgehead atoms. The number of pyridine rings is 1. The summed E-state index contributed by atoms with van der Waals surface area (Å²) in [5.41, 5.74) is 2.28. The summed E-state index contributed by atoms with van der Waals surface area (Å²) in [5.74, 6) is -0.348. The van der Waals surface area contributed by atoms with E-state index in [-0.39, 0.29) is 30.7 Å². The second-order valence-electron chi connectivity index (χ2n) is 6.41. The van der Waals surface area contributed by atoms with Crippen LogP contribution in [0.15, 0.2) is 71.6 Å². The molecular formula is C21H19N5O3. The number of carbonyl (C=O) groups excluding carboxylic acids is 2. The molecule has 8 nitrogen and oxygen atoms in total. The molecule has 8 heteroatoms. The third kappa shape index (κ3) is 4.32. The zero-order valence-corrected chi connectivity index (χ0v) is 15.5. The molecule has 0 spiro atoms. The topological polar surface area (TPSA) is 102 Å². The van der Waals surface area contributed by atoms with Gasteiger partial charge in [-0.05, 0) is 23.8 Å². The number of nitrogens with zero attached hydrogens (tertiary/aromatic N) is 3. The minimum atomic E-state index is -0.321. The predicted molar refractivity (Wildman–Crippen MR) is 106 cm³/mol. The molecule has 0 atom stereocenters. The molecule has 146 valence electrons. The van der Waals surface area contributed by atoms with Crippen LogP contribution < -0.4 is 10.6 Å². The van der Waals surface area contributed by atoms with Crippen LogP contribution in [-0.4, -0.2) is 39.7 Å². The molecule has 29 heavy (non-hydrogen) atoms. The number of fused-ring (bicyclic) bond motifs is 1. The molecule has 0 radical (unpaired) electrons. The van der Waals surface area contributed by atoms with Crippen molar-refractivity contribution < 1.29 is 14.0 Å². The van der Waals surface area contributed by atoms with Crippen molar-refractivity contribution >= 4 is 22.8 Å². The van der Waals surface area contributed by atoms with E-state index in [1.165, 1.54) is 12.5 Å². The molecule has 2 N–H and O–H groups in total. The summed E-state index contributed by atoms with van der Waals surface area (Å²) >= 11 is 0. The first-order chi connectivity index (χ1) is 14.2. The first-order valence-electron chi connectivity index (χ1n) is 9.16. The highest BCUT2D eigenvalue weighted by molar-refractivity contribution is 5.97. The molecule has 3 aromatic heterocycles. The van der Waals surface area contributed by atoms with Crippen molar-refractivity contribution in [3.8, 4) is 0 Å². The van der Waals surface area contributed by atoms with Crippen molar-refractivity contribution in [2.45, 2.75) is 6.54 Å². The summed E-state index contributed by atoms with van der Waals surface area (Å²) in [6.45, 7) is 1.19. The highest BCUT2D eigenvalue weighted by Crippen LogP contribution is 2.14. The van der Waals surface area contributed by atoms with Gasteiger partial charge >= 0.3 is 0 Å². The summed E-state index contributed by atoms with van der Waals surface area (Å²) in [6, 6.07) is 15.0. The van der Waals surface area contributed by atoms with Gasteiger partial charge < -0.3 is 15.1 Å². The maximum Gasteiger partial charge on any atom is 0.287 e. The fourth-order valence-electron chi connectivity index (χ4n) is 2.92. The van der Waals surface area contributed by atoms with Gasteiger partial charge in [0.15, 0.2) is 11.4 Å². The summed E-state index contributed by atoms with van der Waals surface area (Å²) in [6.07, 6.45) is 4.66. The molecule has 0 saturated heterocycles. The number of aromatic nitrogens is 3. The second-order valence-corrected chi connectivity index (χ2v) is 6.41. The van der Waals surface area contributed by atoms with Crippen LogP contribution in [0.2, 0.25) is 0 Å². The van der Waals surface area contributed by atoms with E-state index in [2.05, 4.69) is 20.7 Å². The smallest absolute Gasteiger partial charge is 0.287 e. The predicted octanol–water partition coefficient (Wildman–Crippen LogP) is 2.23. The molecule has 4 rings (SSSR count). The van der Waals surface area contributed by atoms with Gasteiger partial charge in [-0.3, -0.25) is 9.59 Å². The van der Waals surface area contributed by atoms with Crippen LogP contribution in [0.25, 0.3) is 11.0 Å². The molecular weight excluding hydrogens is 370 g/mol. The fraction of sp³-hybridized carbons (Fsp3) is 0.143. The third-order valence-corrected chi connectivity index (χ3v) is 4.35. The number of rotatable bonds is 7. The van der Waals surface area contributed by atoms with Crippen molar-refractivity contribution in [1.82, 2.24) is 25.4 Å². The van der Waals surface area contributed by atoms with Gasteiger partial charge in [0.25, 0.3) is 11.8 Å². The van der Waals surface area contributed by atoms with Crippen molar-refractivity contribution in [2.75, 3.05) is 13.1 Å². The number of amides is 2. The van der Waals surface area contributed by atoms with Crippen LogP contribution in [0.3, 0.4) is 0 Å². The van der Waals surface area contributed by atoms with Crippen LogP contribution in [0.4, 0.5) is 0 Å². The zero-order chi connectivity index (χ0) is 20.1. The molecule has 1 aromatic carbocycles. The van der Waals surface area contributed by atoms with Gasteiger partial charge in [0, 0.05) is 24.7 Å². The van der Waals surface area contributed by atoms with E-state index in [0.29, 0.717) is 12.1 Å². The lowest BCUT2D eigenvalue weighted by Crippen LogP contribution is -2.34. The van der Waals surface area contributed by atoms with Gasteiger partial charge in [-0.1, -0.05) is 30.3 Å². The van der Waals surface area contributed by atoms with Crippen LogP contribution >= 0.6 is 0 Å². The lowest BCUT2D eigenvalue weighted by atomic mass is 10.2. The maximum atomic E-state index is 12.3. The molecule has 0 unspecified atom stereocenters. The van der Waals surface area contributed by atoms with E-state index in [4.69, 9.17) is 4.42 Å². The van der Waals surface area contributed by atoms with Crippen molar-refractivity contribution in [2.24, 2.45) is 0 Å². The van der Waals surface area contributed by atoms with E-state index in [9.17, 15) is 9.59 Å². The third-order valence-electron chi connectivity index (χ3n) is 4.35.